The first-order valence-electron chi connectivity index (χ1n) is 7.86. The summed E-state index contributed by atoms with van der Waals surface area (Å²) in [6.45, 7) is 5.38. The molecule has 2 aliphatic rings. The van der Waals surface area contributed by atoms with Gasteiger partial charge >= 0.3 is 0 Å². The van der Waals surface area contributed by atoms with Crippen LogP contribution in [0, 0.1) is 0 Å². The summed E-state index contributed by atoms with van der Waals surface area (Å²) in [5.74, 6) is 1.11. The van der Waals surface area contributed by atoms with Crippen molar-refractivity contribution in [2.45, 2.75) is 50.8 Å². The second-order valence-corrected chi connectivity index (χ2v) is 5.96. The van der Waals surface area contributed by atoms with Crippen molar-refractivity contribution in [2.75, 3.05) is 24.6 Å². The Morgan fingerprint density at radius 1 is 1.30 bits per heavy atom. The summed E-state index contributed by atoms with van der Waals surface area (Å²) in [6, 6.07) is 7.23. The summed E-state index contributed by atoms with van der Waals surface area (Å²) in [6.07, 6.45) is 7.10. The van der Waals surface area contributed by atoms with Crippen molar-refractivity contribution < 1.29 is 4.74 Å². The number of pyridine rings is 1. The largest absolute Gasteiger partial charge is 0.377 e. The lowest BCUT2D eigenvalue weighted by atomic mass is 10.0. The average Bonchev–Trinajstić information content (AvgIpc) is 3.03. The van der Waals surface area contributed by atoms with Crippen LogP contribution in [-0.4, -0.2) is 42.9 Å². The fourth-order valence-electron chi connectivity index (χ4n) is 3.29. The first-order chi connectivity index (χ1) is 9.83. The van der Waals surface area contributed by atoms with Crippen LogP contribution in [0.3, 0.4) is 0 Å². The predicted octanol–water partition coefficient (Wildman–Crippen LogP) is 2.21. The fraction of sp³-hybridized carbons (Fsp3) is 0.688. The minimum atomic E-state index is 0.420. The van der Waals surface area contributed by atoms with Gasteiger partial charge in [0.25, 0.3) is 0 Å². The van der Waals surface area contributed by atoms with Gasteiger partial charge in [-0.1, -0.05) is 6.07 Å². The number of piperidine rings is 1. The Morgan fingerprint density at radius 3 is 2.80 bits per heavy atom. The van der Waals surface area contributed by atoms with E-state index in [1.165, 1.54) is 25.7 Å². The highest BCUT2D eigenvalue weighted by Crippen LogP contribution is 2.20. The third-order valence-corrected chi connectivity index (χ3v) is 4.49. The molecule has 0 spiro atoms. The average molecular weight is 275 g/mol. The van der Waals surface area contributed by atoms with E-state index in [2.05, 4.69) is 34.3 Å². The van der Waals surface area contributed by atoms with Gasteiger partial charge in [0.1, 0.15) is 5.82 Å². The van der Waals surface area contributed by atoms with Gasteiger partial charge in [-0.25, -0.2) is 4.98 Å². The molecule has 3 rings (SSSR count). The van der Waals surface area contributed by atoms with Crippen molar-refractivity contribution in [3.8, 4) is 0 Å². The molecule has 0 amide bonds. The smallest absolute Gasteiger partial charge is 0.128 e. The van der Waals surface area contributed by atoms with Gasteiger partial charge in [-0.05, 0) is 44.7 Å². The number of nitrogens with one attached hydrogen (secondary N) is 1. The Hall–Kier alpha value is -1.13. The van der Waals surface area contributed by atoms with Crippen molar-refractivity contribution in [1.29, 1.82) is 0 Å². The molecule has 2 atom stereocenters. The van der Waals surface area contributed by atoms with E-state index in [9.17, 15) is 0 Å². The molecule has 2 saturated heterocycles. The second kappa shape index (κ2) is 6.55. The molecular formula is C16H25N3O. The zero-order chi connectivity index (χ0) is 13.8. The molecular weight excluding hydrogens is 250 g/mol. The maximum Gasteiger partial charge on any atom is 0.128 e. The molecule has 0 aliphatic carbocycles. The van der Waals surface area contributed by atoms with E-state index in [0.717, 1.165) is 25.5 Å². The molecule has 110 valence electrons. The van der Waals surface area contributed by atoms with Crippen molar-refractivity contribution in [1.82, 2.24) is 10.3 Å². The minimum absolute atomic E-state index is 0.420. The van der Waals surface area contributed by atoms with Crippen LogP contribution in [0.2, 0.25) is 0 Å². The monoisotopic (exact) mass is 275 g/mol. The molecule has 1 aromatic heterocycles. The highest BCUT2D eigenvalue weighted by atomic mass is 16.5. The molecule has 3 heterocycles. The van der Waals surface area contributed by atoms with Gasteiger partial charge in [0, 0.05) is 38.0 Å². The van der Waals surface area contributed by atoms with Gasteiger partial charge in [-0.2, -0.15) is 0 Å². The zero-order valence-electron chi connectivity index (χ0n) is 12.3. The third-order valence-electron chi connectivity index (χ3n) is 4.49. The summed E-state index contributed by atoms with van der Waals surface area (Å²) in [4.78, 5) is 6.82. The summed E-state index contributed by atoms with van der Waals surface area (Å²) in [5, 5.41) is 3.76. The summed E-state index contributed by atoms with van der Waals surface area (Å²) >= 11 is 0. The number of hydrogen-bond donors (Lipinski definition) is 1. The van der Waals surface area contributed by atoms with Crippen LogP contribution in [0.1, 0.15) is 32.6 Å². The molecule has 0 saturated carbocycles. The van der Waals surface area contributed by atoms with Gasteiger partial charge in [0.05, 0.1) is 6.10 Å². The van der Waals surface area contributed by atoms with E-state index in [1.54, 1.807) is 0 Å². The SMILES string of the molecule is CC(NC1CCN(c2ccccn2)CC1)C1CCCO1. The van der Waals surface area contributed by atoms with Crippen LogP contribution in [0.4, 0.5) is 5.82 Å². The van der Waals surface area contributed by atoms with Gasteiger partial charge in [-0.3, -0.25) is 0 Å². The quantitative estimate of drug-likeness (QED) is 0.914. The Bertz CT molecular complexity index is 397. The van der Waals surface area contributed by atoms with Gasteiger partial charge in [0.2, 0.25) is 0 Å². The van der Waals surface area contributed by atoms with E-state index >= 15 is 0 Å². The van der Waals surface area contributed by atoms with Gasteiger partial charge < -0.3 is 15.0 Å². The highest BCUT2D eigenvalue weighted by molar-refractivity contribution is 5.38. The Labute approximate surface area is 121 Å². The Balaban J connectivity index is 1.46. The van der Waals surface area contributed by atoms with Gasteiger partial charge in [0.15, 0.2) is 0 Å². The molecule has 0 bridgehead atoms. The lowest BCUT2D eigenvalue weighted by Crippen LogP contribution is -2.48. The van der Waals surface area contributed by atoms with Crippen molar-refractivity contribution >= 4 is 5.82 Å². The maximum absolute atomic E-state index is 5.76. The first kappa shape index (κ1) is 13.8. The van der Waals surface area contributed by atoms with E-state index in [0.29, 0.717) is 18.2 Å². The van der Waals surface area contributed by atoms with Crippen LogP contribution in [-0.2, 0) is 4.74 Å². The maximum atomic E-state index is 5.76. The van der Waals surface area contributed by atoms with Gasteiger partial charge in [-0.15, -0.1) is 0 Å². The number of aromatic nitrogens is 1. The first-order valence-corrected chi connectivity index (χ1v) is 7.86. The highest BCUT2D eigenvalue weighted by Gasteiger charge is 2.26. The van der Waals surface area contributed by atoms with Crippen LogP contribution in [0.25, 0.3) is 0 Å². The molecule has 2 aliphatic heterocycles. The normalized spacial score (nSPS) is 25.9. The topological polar surface area (TPSA) is 37.4 Å². The number of hydrogen-bond acceptors (Lipinski definition) is 4. The van der Waals surface area contributed by atoms with Crippen molar-refractivity contribution in [2.24, 2.45) is 0 Å². The summed E-state index contributed by atoms with van der Waals surface area (Å²) < 4.78 is 5.76. The molecule has 2 fully saturated rings. The number of nitrogens with zero attached hydrogens (tertiary/aromatic N) is 2. The molecule has 0 aromatic carbocycles. The lowest BCUT2D eigenvalue weighted by molar-refractivity contribution is 0.0783. The molecule has 0 radical (unpaired) electrons. The van der Waals surface area contributed by atoms with Crippen LogP contribution in [0.5, 0.6) is 0 Å². The molecule has 4 heteroatoms. The molecule has 1 N–H and O–H groups in total. The second-order valence-electron chi connectivity index (χ2n) is 5.96. The lowest BCUT2D eigenvalue weighted by Gasteiger charge is -2.35. The number of rotatable bonds is 4. The Morgan fingerprint density at radius 2 is 2.15 bits per heavy atom. The summed E-state index contributed by atoms with van der Waals surface area (Å²) in [7, 11) is 0. The van der Waals surface area contributed by atoms with E-state index in [-0.39, 0.29) is 0 Å². The molecule has 2 unspecified atom stereocenters. The van der Waals surface area contributed by atoms with Crippen LogP contribution in [0.15, 0.2) is 24.4 Å². The fourth-order valence-corrected chi connectivity index (χ4v) is 3.29. The predicted molar refractivity (Wildman–Crippen MR) is 81.0 cm³/mol. The van der Waals surface area contributed by atoms with Crippen molar-refractivity contribution in [3.05, 3.63) is 24.4 Å². The molecule has 4 nitrogen and oxygen atoms in total. The number of ether oxygens (including phenoxy) is 1. The van der Waals surface area contributed by atoms with Crippen LogP contribution < -0.4 is 10.2 Å². The van der Waals surface area contributed by atoms with Crippen LogP contribution >= 0.6 is 0 Å². The Kier molecular flexibility index (Phi) is 4.53. The molecule has 20 heavy (non-hydrogen) atoms. The number of anilines is 1. The summed E-state index contributed by atoms with van der Waals surface area (Å²) in [5.41, 5.74) is 0. The van der Waals surface area contributed by atoms with E-state index in [1.807, 2.05) is 12.3 Å². The van der Waals surface area contributed by atoms with E-state index in [4.69, 9.17) is 4.74 Å². The van der Waals surface area contributed by atoms with E-state index < -0.39 is 0 Å². The standard InChI is InChI=1S/C16H25N3O/c1-13(15-5-4-12-20-15)18-14-7-10-19(11-8-14)16-6-2-3-9-17-16/h2-3,6,9,13-15,18H,4-5,7-8,10-12H2,1H3. The molecule has 1 aromatic rings. The van der Waals surface area contributed by atoms with Crippen molar-refractivity contribution in [3.63, 3.8) is 0 Å². The zero-order valence-corrected chi connectivity index (χ0v) is 12.3. The minimum Gasteiger partial charge on any atom is -0.377 e. The third kappa shape index (κ3) is 3.30.